The Morgan fingerprint density at radius 2 is 2.00 bits per heavy atom. The van der Waals surface area contributed by atoms with Crippen LogP contribution >= 0.6 is 0 Å². The minimum atomic E-state index is -0.830. The van der Waals surface area contributed by atoms with Gasteiger partial charge in [-0.05, 0) is 61.5 Å². The van der Waals surface area contributed by atoms with Crippen LogP contribution in [-0.2, 0) is 15.6 Å². The van der Waals surface area contributed by atoms with Crippen molar-refractivity contribution in [3.63, 3.8) is 0 Å². The van der Waals surface area contributed by atoms with Crippen LogP contribution in [0.2, 0.25) is 0 Å². The first kappa shape index (κ1) is 16.7. The van der Waals surface area contributed by atoms with Gasteiger partial charge < -0.3 is 5.11 Å². The Bertz CT molecular complexity index is 666. The highest BCUT2D eigenvalue weighted by atomic mass is 32.2. The highest BCUT2D eigenvalue weighted by Crippen LogP contribution is 2.65. The number of fused-ring (bicyclic) bond motifs is 5. The lowest BCUT2D eigenvalue weighted by Gasteiger charge is -2.58. The van der Waals surface area contributed by atoms with E-state index in [0.29, 0.717) is 11.8 Å². The molecule has 132 valence electrons. The van der Waals surface area contributed by atoms with Crippen LogP contribution < -0.4 is 0 Å². The van der Waals surface area contributed by atoms with Gasteiger partial charge >= 0.3 is 0 Å². The van der Waals surface area contributed by atoms with E-state index in [4.69, 9.17) is 0 Å². The minimum absolute atomic E-state index is 0.00796. The summed E-state index contributed by atoms with van der Waals surface area (Å²) >= 11 is 0. The van der Waals surface area contributed by atoms with E-state index in [2.05, 4.69) is 19.9 Å². The van der Waals surface area contributed by atoms with Gasteiger partial charge in [-0.3, -0.25) is 9.00 Å². The smallest absolute Gasteiger partial charge is 0.178 e. The molecule has 4 aliphatic carbocycles. The summed E-state index contributed by atoms with van der Waals surface area (Å²) in [6.07, 6.45) is 11.9. The van der Waals surface area contributed by atoms with E-state index in [-0.39, 0.29) is 33.9 Å². The van der Waals surface area contributed by atoms with Gasteiger partial charge in [0.1, 0.15) is 0 Å². The van der Waals surface area contributed by atoms with Crippen molar-refractivity contribution in [1.82, 2.24) is 0 Å². The molecule has 4 heteroatoms. The van der Waals surface area contributed by atoms with E-state index in [0.717, 1.165) is 32.1 Å². The fourth-order valence-electron chi connectivity index (χ4n) is 6.83. The summed E-state index contributed by atoms with van der Waals surface area (Å²) in [7, 11) is -0.830. The Kier molecular flexibility index (Phi) is 3.74. The van der Waals surface area contributed by atoms with Crippen molar-refractivity contribution >= 4 is 16.6 Å². The quantitative estimate of drug-likeness (QED) is 0.792. The van der Waals surface area contributed by atoms with Gasteiger partial charge in [0.25, 0.3) is 0 Å². The van der Waals surface area contributed by atoms with Gasteiger partial charge in [0.2, 0.25) is 0 Å². The molecule has 0 aromatic heterocycles. The first-order valence-electron chi connectivity index (χ1n) is 9.22. The Labute approximate surface area is 147 Å². The lowest BCUT2D eigenvalue weighted by molar-refractivity contribution is -0.113. The second-order valence-corrected chi connectivity index (χ2v) is 10.4. The molecule has 0 saturated heterocycles. The molecule has 0 bridgehead atoms. The molecule has 0 spiro atoms. The number of carbonyl (C=O) groups is 1. The molecule has 0 heterocycles. The van der Waals surface area contributed by atoms with E-state index in [1.165, 1.54) is 5.57 Å². The molecule has 0 aliphatic heterocycles. The summed E-state index contributed by atoms with van der Waals surface area (Å²) in [5.74, 6) is 1.28. The van der Waals surface area contributed by atoms with E-state index in [1.807, 2.05) is 6.26 Å². The van der Waals surface area contributed by atoms with Crippen molar-refractivity contribution in [2.75, 3.05) is 6.26 Å². The average molecular weight is 349 g/mol. The molecule has 0 aromatic carbocycles. The van der Waals surface area contributed by atoms with Crippen molar-refractivity contribution in [3.05, 3.63) is 23.8 Å². The topological polar surface area (TPSA) is 54.4 Å². The molecule has 1 unspecified atom stereocenters. The summed E-state index contributed by atoms with van der Waals surface area (Å²) < 4.78 is 12.3. The molecule has 0 aromatic rings. The monoisotopic (exact) mass is 348 g/mol. The van der Waals surface area contributed by atoms with Crippen LogP contribution in [0.3, 0.4) is 0 Å². The van der Waals surface area contributed by atoms with Crippen LogP contribution in [0.1, 0.15) is 46.0 Å². The summed E-state index contributed by atoms with van der Waals surface area (Å²) in [6, 6.07) is 0. The third-order valence-corrected chi connectivity index (χ3v) is 9.38. The van der Waals surface area contributed by atoms with Gasteiger partial charge in [-0.25, -0.2) is 0 Å². The minimum Gasteiger partial charge on any atom is -0.393 e. The maximum atomic E-state index is 12.3. The number of rotatable bonds is 1. The first-order valence-corrected chi connectivity index (χ1v) is 10.8. The summed E-state index contributed by atoms with van der Waals surface area (Å²) in [5, 5.41) is 11.4. The first-order chi connectivity index (χ1) is 11.3. The van der Waals surface area contributed by atoms with Crippen LogP contribution in [0.15, 0.2) is 23.8 Å². The number of aliphatic hydroxyl groups excluding tert-OH is 1. The fourth-order valence-corrected chi connectivity index (χ4v) is 8.32. The van der Waals surface area contributed by atoms with Crippen molar-refractivity contribution in [1.29, 1.82) is 0 Å². The molecule has 4 rings (SSSR count). The Balaban J connectivity index is 1.74. The van der Waals surface area contributed by atoms with Crippen LogP contribution in [-0.4, -0.2) is 32.7 Å². The van der Waals surface area contributed by atoms with Gasteiger partial charge in [-0.2, -0.15) is 0 Å². The lowest BCUT2D eigenvalue weighted by Crippen LogP contribution is -2.56. The van der Waals surface area contributed by atoms with E-state index < -0.39 is 10.8 Å². The molecule has 1 N–H and O–H groups in total. The van der Waals surface area contributed by atoms with Crippen molar-refractivity contribution in [3.8, 4) is 0 Å². The fraction of sp³-hybridized carbons (Fsp3) is 0.750. The SMILES string of the molecule is CS(=O)[C@H]1CC[C@H]2[C@@H]3CCC4=CC(=O)C=C[C@]4(C)[C@H]3[C@@H](O)C[C@]12C. The van der Waals surface area contributed by atoms with E-state index in [1.54, 1.807) is 12.2 Å². The van der Waals surface area contributed by atoms with Crippen LogP contribution in [0.25, 0.3) is 0 Å². The standard InChI is InChI=1S/C20H28O3S/c1-19-9-8-13(21)10-12(19)4-5-14-15-6-7-17(24(3)23)20(15,2)11-16(22)18(14)19/h8-10,14-18,22H,4-7,11H2,1-3H3/t14-,15-,16-,17-,18+,19-,20-,24?/m0/s1. The van der Waals surface area contributed by atoms with Gasteiger partial charge in [-0.1, -0.05) is 25.5 Å². The zero-order chi connectivity index (χ0) is 17.3. The van der Waals surface area contributed by atoms with Gasteiger partial charge in [-0.15, -0.1) is 0 Å². The number of hydrogen-bond donors (Lipinski definition) is 1. The van der Waals surface area contributed by atoms with Crippen LogP contribution in [0, 0.1) is 28.6 Å². The zero-order valence-electron chi connectivity index (χ0n) is 14.8. The summed E-state index contributed by atoms with van der Waals surface area (Å²) in [4.78, 5) is 11.8. The molecule has 3 saturated carbocycles. The number of ketones is 1. The van der Waals surface area contributed by atoms with Gasteiger partial charge in [0.15, 0.2) is 5.78 Å². The predicted octanol–water partition coefficient (Wildman–Crippen LogP) is 3.01. The van der Waals surface area contributed by atoms with Crippen molar-refractivity contribution in [2.24, 2.45) is 28.6 Å². The Hall–Kier alpha value is -0.740. The molecule has 3 fully saturated rings. The van der Waals surface area contributed by atoms with Crippen LogP contribution in [0.5, 0.6) is 0 Å². The third-order valence-electron chi connectivity index (χ3n) is 7.81. The molecule has 8 atom stereocenters. The lowest BCUT2D eigenvalue weighted by atomic mass is 9.47. The Morgan fingerprint density at radius 1 is 1.25 bits per heavy atom. The number of allylic oxidation sites excluding steroid dienone is 4. The second-order valence-electron chi connectivity index (χ2n) is 8.86. The molecule has 0 radical (unpaired) electrons. The molecule has 3 nitrogen and oxygen atoms in total. The van der Waals surface area contributed by atoms with E-state index in [9.17, 15) is 14.1 Å². The third kappa shape index (κ3) is 2.11. The highest BCUT2D eigenvalue weighted by molar-refractivity contribution is 7.85. The number of hydrogen-bond acceptors (Lipinski definition) is 3. The molecular weight excluding hydrogens is 320 g/mol. The molecule has 0 amide bonds. The highest BCUT2D eigenvalue weighted by Gasteiger charge is 2.62. The van der Waals surface area contributed by atoms with Gasteiger partial charge in [0.05, 0.1) is 6.10 Å². The van der Waals surface area contributed by atoms with Crippen molar-refractivity contribution < 1.29 is 14.1 Å². The number of aliphatic hydroxyl groups is 1. The summed E-state index contributed by atoms with van der Waals surface area (Å²) in [5.41, 5.74) is 1.00. The predicted molar refractivity (Wildman–Crippen MR) is 95.9 cm³/mol. The van der Waals surface area contributed by atoms with Gasteiger partial charge in [0, 0.05) is 33.6 Å². The summed E-state index contributed by atoms with van der Waals surface area (Å²) in [6.45, 7) is 4.47. The average Bonchev–Trinajstić information content (AvgIpc) is 2.84. The maximum Gasteiger partial charge on any atom is 0.178 e. The Morgan fingerprint density at radius 3 is 2.71 bits per heavy atom. The van der Waals surface area contributed by atoms with Crippen molar-refractivity contribution in [2.45, 2.75) is 57.3 Å². The van der Waals surface area contributed by atoms with Crippen LogP contribution in [0.4, 0.5) is 0 Å². The van der Waals surface area contributed by atoms with E-state index >= 15 is 0 Å². The number of carbonyl (C=O) groups excluding carboxylic acids is 1. The maximum absolute atomic E-state index is 12.3. The molecule has 24 heavy (non-hydrogen) atoms. The zero-order valence-corrected chi connectivity index (χ0v) is 15.6. The largest absolute Gasteiger partial charge is 0.393 e. The normalized spacial score (nSPS) is 51.4. The molecule has 4 aliphatic rings. The molecular formula is C20H28O3S. The second kappa shape index (κ2) is 5.38.